The Kier molecular flexibility index (Phi) is 9.16. The second kappa shape index (κ2) is 13.1. The summed E-state index contributed by atoms with van der Waals surface area (Å²) >= 11 is 0. The van der Waals surface area contributed by atoms with Crippen molar-refractivity contribution in [1.82, 2.24) is 9.88 Å². The molecule has 10 nitrogen and oxygen atoms in total. The van der Waals surface area contributed by atoms with Crippen LogP contribution in [0, 0.1) is 0 Å². The van der Waals surface area contributed by atoms with Gasteiger partial charge in [0.25, 0.3) is 11.8 Å². The van der Waals surface area contributed by atoms with E-state index in [2.05, 4.69) is 16.0 Å². The molecule has 10 heteroatoms. The normalized spacial score (nSPS) is 11.3. The molecule has 0 bridgehead atoms. The van der Waals surface area contributed by atoms with Gasteiger partial charge >= 0.3 is 5.97 Å². The first kappa shape index (κ1) is 28.6. The van der Waals surface area contributed by atoms with Crippen LogP contribution in [0.1, 0.15) is 32.0 Å². The summed E-state index contributed by atoms with van der Waals surface area (Å²) in [5.74, 6) is -1.64. The van der Waals surface area contributed by atoms with Crippen LogP contribution >= 0.6 is 0 Å². The molecule has 4 aromatic rings. The second-order valence-electron chi connectivity index (χ2n) is 9.47. The van der Waals surface area contributed by atoms with Crippen LogP contribution in [-0.4, -0.2) is 41.4 Å². The Balaban J connectivity index is 1.38. The van der Waals surface area contributed by atoms with Gasteiger partial charge in [-0.05, 0) is 47.5 Å². The molecule has 1 aromatic heterocycles. The molecule has 3 aromatic carbocycles. The highest BCUT2D eigenvalue weighted by molar-refractivity contribution is 6.07. The van der Waals surface area contributed by atoms with Gasteiger partial charge in [0.15, 0.2) is 0 Å². The van der Waals surface area contributed by atoms with Crippen LogP contribution in [0.5, 0.6) is 0 Å². The Morgan fingerprint density at radius 3 is 2.27 bits per heavy atom. The molecule has 4 rings (SSSR count). The summed E-state index contributed by atoms with van der Waals surface area (Å²) in [5, 5.41) is 8.34. The molecule has 5 N–H and O–H groups in total. The lowest BCUT2D eigenvalue weighted by molar-refractivity contribution is -0.145. The standard InChI is InChI=1S/C31H31N5O5/c1-36-19-25(34-29(38)22-11-7-12-23(32)17-22)18-27(36)30(39)33-24-13-6-10-21(14-24)16-28(37)35-26(31(40)41-2)15-20-8-4-3-5-9-20/h3-14,17-19,26H,15-16,32H2,1-2H3,(H,33,39)(H,34,38)(H,35,37). The molecule has 1 unspecified atom stereocenters. The van der Waals surface area contributed by atoms with Gasteiger partial charge < -0.3 is 31.0 Å². The summed E-state index contributed by atoms with van der Waals surface area (Å²) in [6.45, 7) is 0. The Bertz CT molecular complexity index is 1560. The molecule has 0 fully saturated rings. The Hall–Kier alpha value is -5.38. The van der Waals surface area contributed by atoms with E-state index in [1.54, 1.807) is 72.4 Å². The van der Waals surface area contributed by atoms with Crippen LogP contribution < -0.4 is 21.7 Å². The summed E-state index contributed by atoms with van der Waals surface area (Å²) < 4.78 is 6.47. The van der Waals surface area contributed by atoms with Crippen LogP contribution in [0.2, 0.25) is 0 Å². The average molecular weight is 554 g/mol. The van der Waals surface area contributed by atoms with Gasteiger partial charge in [0.05, 0.1) is 19.2 Å². The molecule has 3 amide bonds. The quantitative estimate of drug-likeness (QED) is 0.175. The predicted octanol–water partition coefficient (Wildman–Crippen LogP) is 3.55. The van der Waals surface area contributed by atoms with Crippen LogP contribution in [0.15, 0.2) is 91.1 Å². The Morgan fingerprint density at radius 1 is 0.829 bits per heavy atom. The SMILES string of the molecule is COC(=O)C(Cc1ccccc1)NC(=O)Cc1cccc(NC(=O)c2cc(NC(=O)c3cccc(N)c3)cn2C)c1. The number of rotatable bonds is 10. The number of hydrogen-bond donors (Lipinski definition) is 4. The van der Waals surface area contributed by atoms with Gasteiger partial charge in [0, 0.05) is 36.6 Å². The van der Waals surface area contributed by atoms with Crippen molar-refractivity contribution in [3.05, 3.63) is 114 Å². The number of amides is 3. The molecule has 0 saturated heterocycles. The van der Waals surface area contributed by atoms with Crippen molar-refractivity contribution in [1.29, 1.82) is 0 Å². The third-order valence-electron chi connectivity index (χ3n) is 6.30. The number of nitrogens with zero attached hydrogens (tertiary/aromatic N) is 1. The third-order valence-corrected chi connectivity index (χ3v) is 6.30. The van der Waals surface area contributed by atoms with Crippen molar-refractivity contribution < 1.29 is 23.9 Å². The molecule has 1 heterocycles. The number of ether oxygens (including phenoxy) is 1. The predicted molar refractivity (Wildman–Crippen MR) is 156 cm³/mol. The average Bonchev–Trinajstić information content (AvgIpc) is 3.32. The van der Waals surface area contributed by atoms with Crippen LogP contribution in [0.3, 0.4) is 0 Å². The lowest BCUT2D eigenvalue weighted by atomic mass is 10.1. The topological polar surface area (TPSA) is 145 Å². The van der Waals surface area contributed by atoms with E-state index in [0.29, 0.717) is 40.3 Å². The zero-order valence-corrected chi connectivity index (χ0v) is 22.7. The molecule has 41 heavy (non-hydrogen) atoms. The van der Waals surface area contributed by atoms with Gasteiger partial charge in [-0.2, -0.15) is 0 Å². The van der Waals surface area contributed by atoms with Crippen LogP contribution in [-0.2, 0) is 34.2 Å². The third kappa shape index (κ3) is 7.82. The molecule has 1 atom stereocenters. The molecular weight excluding hydrogens is 522 g/mol. The minimum atomic E-state index is -0.830. The fraction of sp³-hybridized carbons (Fsp3) is 0.161. The second-order valence-corrected chi connectivity index (χ2v) is 9.47. The minimum Gasteiger partial charge on any atom is -0.467 e. The number of nitrogens with one attached hydrogen (secondary N) is 3. The summed E-state index contributed by atoms with van der Waals surface area (Å²) in [6.07, 6.45) is 1.93. The number of anilines is 3. The highest BCUT2D eigenvalue weighted by Gasteiger charge is 2.22. The van der Waals surface area contributed by atoms with Crippen LogP contribution in [0.25, 0.3) is 0 Å². The first-order valence-corrected chi connectivity index (χ1v) is 12.9. The van der Waals surface area contributed by atoms with Crippen molar-refractivity contribution in [3.8, 4) is 0 Å². The molecule has 0 aliphatic rings. The number of benzene rings is 3. The summed E-state index contributed by atoms with van der Waals surface area (Å²) in [6, 6.07) is 23.5. The van der Waals surface area contributed by atoms with Gasteiger partial charge in [-0.15, -0.1) is 0 Å². The summed E-state index contributed by atoms with van der Waals surface area (Å²) in [5.41, 5.74) is 9.42. The van der Waals surface area contributed by atoms with Crippen molar-refractivity contribution >= 4 is 40.8 Å². The summed E-state index contributed by atoms with van der Waals surface area (Å²) in [4.78, 5) is 50.6. The van der Waals surface area contributed by atoms with Gasteiger partial charge in [0.2, 0.25) is 5.91 Å². The number of aryl methyl sites for hydroxylation is 1. The first-order chi connectivity index (χ1) is 19.7. The number of hydrogen-bond acceptors (Lipinski definition) is 6. The van der Waals surface area contributed by atoms with Gasteiger partial charge in [0.1, 0.15) is 11.7 Å². The largest absolute Gasteiger partial charge is 0.467 e. The minimum absolute atomic E-state index is 0.00364. The fourth-order valence-electron chi connectivity index (χ4n) is 4.31. The van der Waals surface area contributed by atoms with Crippen molar-refractivity contribution in [3.63, 3.8) is 0 Å². The Labute approximate surface area is 237 Å². The van der Waals surface area contributed by atoms with Crippen molar-refractivity contribution in [2.24, 2.45) is 7.05 Å². The number of nitrogen functional groups attached to an aromatic ring is 1. The number of aromatic nitrogens is 1. The zero-order valence-electron chi connectivity index (χ0n) is 22.7. The fourth-order valence-corrected chi connectivity index (χ4v) is 4.31. The smallest absolute Gasteiger partial charge is 0.328 e. The van der Waals surface area contributed by atoms with Crippen LogP contribution in [0.4, 0.5) is 17.1 Å². The van der Waals surface area contributed by atoms with E-state index in [1.165, 1.54) is 7.11 Å². The highest BCUT2D eigenvalue weighted by atomic mass is 16.5. The lowest BCUT2D eigenvalue weighted by Crippen LogP contribution is -2.43. The van der Waals surface area contributed by atoms with E-state index in [9.17, 15) is 19.2 Å². The van der Waals surface area contributed by atoms with Crippen molar-refractivity contribution in [2.45, 2.75) is 18.9 Å². The summed E-state index contributed by atoms with van der Waals surface area (Å²) in [7, 11) is 2.97. The van der Waals surface area contributed by atoms with E-state index in [0.717, 1.165) is 5.56 Å². The number of carbonyl (C=O) groups is 4. The zero-order chi connectivity index (χ0) is 29.4. The molecular formula is C31H31N5O5. The molecule has 0 saturated carbocycles. The van der Waals surface area contributed by atoms with E-state index < -0.39 is 17.9 Å². The molecule has 210 valence electrons. The number of carbonyl (C=O) groups excluding carboxylic acids is 4. The monoisotopic (exact) mass is 553 g/mol. The van der Waals surface area contributed by atoms with Gasteiger partial charge in [-0.25, -0.2) is 4.79 Å². The van der Waals surface area contributed by atoms with Gasteiger partial charge in [-0.1, -0.05) is 48.5 Å². The van der Waals surface area contributed by atoms with Gasteiger partial charge in [-0.3, -0.25) is 14.4 Å². The van der Waals surface area contributed by atoms with E-state index in [-0.39, 0.29) is 18.2 Å². The van der Waals surface area contributed by atoms with Crippen molar-refractivity contribution in [2.75, 3.05) is 23.5 Å². The van der Waals surface area contributed by atoms with E-state index in [4.69, 9.17) is 10.5 Å². The first-order valence-electron chi connectivity index (χ1n) is 12.9. The molecule has 0 spiro atoms. The Morgan fingerprint density at radius 2 is 1.54 bits per heavy atom. The maximum Gasteiger partial charge on any atom is 0.328 e. The molecule has 0 aliphatic carbocycles. The van der Waals surface area contributed by atoms with E-state index >= 15 is 0 Å². The molecule has 0 aliphatic heterocycles. The van der Waals surface area contributed by atoms with E-state index in [1.807, 2.05) is 30.3 Å². The number of esters is 1. The molecule has 0 radical (unpaired) electrons. The lowest BCUT2D eigenvalue weighted by Gasteiger charge is -2.17. The number of methoxy groups -OCH3 is 1. The number of nitrogens with two attached hydrogens (primary N) is 1. The highest BCUT2D eigenvalue weighted by Crippen LogP contribution is 2.18. The maximum atomic E-state index is 13.0. The maximum absolute atomic E-state index is 13.0.